The first-order chi connectivity index (χ1) is 18.4. The summed E-state index contributed by atoms with van der Waals surface area (Å²) < 4.78 is 1.81. The number of nitrogens with zero attached hydrogens (tertiary/aromatic N) is 7. The number of halogens is 2. The Morgan fingerprint density at radius 2 is 1.95 bits per heavy atom. The second kappa shape index (κ2) is 9.81. The number of hydrogen-bond donors (Lipinski definition) is 1. The fourth-order valence-electron chi connectivity index (χ4n) is 4.59. The lowest BCUT2D eigenvalue weighted by Crippen LogP contribution is -2.40. The summed E-state index contributed by atoms with van der Waals surface area (Å²) in [5.74, 6) is 1.26. The van der Waals surface area contributed by atoms with Crippen LogP contribution in [0, 0.1) is 22.5 Å². The molecule has 1 N–H and O–H groups in total. The van der Waals surface area contributed by atoms with Crippen molar-refractivity contribution in [2.24, 2.45) is 5.92 Å². The van der Waals surface area contributed by atoms with Crippen molar-refractivity contribution in [2.45, 2.75) is 22.7 Å². The van der Waals surface area contributed by atoms with Gasteiger partial charge in [-0.15, -0.1) is 5.10 Å². The maximum absolute atomic E-state index is 13.6. The molecule has 0 bridgehead atoms. The molecule has 9 nitrogen and oxygen atoms in total. The second-order valence-corrected chi connectivity index (χ2v) is 11.6. The van der Waals surface area contributed by atoms with Crippen molar-refractivity contribution in [3.05, 3.63) is 101 Å². The van der Waals surface area contributed by atoms with Gasteiger partial charge in [0.1, 0.15) is 12.2 Å². The number of alkyl halides is 1. The van der Waals surface area contributed by atoms with Gasteiger partial charge in [0, 0.05) is 22.2 Å². The van der Waals surface area contributed by atoms with Crippen LogP contribution in [-0.4, -0.2) is 30.2 Å². The number of pyridine rings is 1. The van der Waals surface area contributed by atoms with Crippen molar-refractivity contribution in [2.75, 3.05) is 0 Å². The topological polar surface area (TPSA) is 123 Å². The number of tetrazole rings is 1. The van der Waals surface area contributed by atoms with Crippen molar-refractivity contribution in [1.82, 2.24) is 30.2 Å². The summed E-state index contributed by atoms with van der Waals surface area (Å²) in [7, 11) is 0. The van der Waals surface area contributed by atoms with Gasteiger partial charge in [0.25, 0.3) is 0 Å². The van der Waals surface area contributed by atoms with E-state index < -0.39 is 3.42 Å². The molecule has 38 heavy (non-hydrogen) atoms. The van der Waals surface area contributed by atoms with Crippen LogP contribution in [0.3, 0.4) is 0 Å². The summed E-state index contributed by atoms with van der Waals surface area (Å²) in [6.45, 7) is 0. The Bertz CT molecular complexity index is 1660. The molecular weight excluding hydrogens is 615 g/mol. The van der Waals surface area contributed by atoms with E-state index in [4.69, 9.17) is 21.8 Å². The van der Waals surface area contributed by atoms with E-state index in [0.717, 1.165) is 46.6 Å². The Morgan fingerprint density at radius 1 is 1.16 bits per heavy atom. The van der Waals surface area contributed by atoms with Gasteiger partial charge in [-0.25, -0.2) is 4.98 Å². The molecule has 1 fully saturated rings. The van der Waals surface area contributed by atoms with Crippen LogP contribution in [0.4, 0.5) is 0 Å². The van der Waals surface area contributed by atoms with Crippen molar-refractivity contribution >= 4 is 34.2 Å². The van der Waals surface area contributed by atoms with Crippen molar-refractivity contribution in [1.29, 1.82) is 5.26 Å². The van der Waals surface area contributed by atoms with Gasteiger partial charge in [0.2, 0.25) is 5.69 Å². The zero-order chi connectivity index (χ0) is 26.3. The molecule has 0 radical (unpaired) electrons. The average molecular weight is 635 g/mol. The molecule has 0 spiro atoms. The minimum Gasteiger partial charge on any atom is -0.618 e. The fourth-order valence-corrected chi connectivity index (χ4v) is 6.08. The van der Waals surface area contributed by atoms with E-state index in [1.54, 1.807) is 36.7 Å². The molecule has 1 unspecified atom stereocenters. The Labute approximate surface area is 236 Å². The maximum atomic E-state index is 13.6. The Kier molecular flexibility index (Phi) is 6.33. The lowest BCUT2D eigenvalue weighted by Gasteiger charge is -2.24. The Morgan fingerprint density at radius 3 is 2.63 bits per heavy atom. The first-order valence-electron chi connectivity index (χ1n) is 12.0. The standard InChI is InChI=1S/C27H20ClIN8O/c28-21-8-9-24(36-16-32-34-35-36)22(11-21)20-7-10-25(37(38)15-20)27(29,12-17-1-2-17)26-31-14-23(33-26)19-5-3-18(13-30)4-6-19/h3-11,14-17H,1-2,12H2,(H,31,33). The van der Waals surface area contributed by atoms with Gasteiger partial charge in [0.05, 0.1) is 29.2 Å². The molecule has 11 heteroatoms. The highest BCUT2D eigenvalue weighted by molar-refractivity contribution is 14.1. The number of hydrogen-bond acceptors (Lipinski definition) is 6. The largest absolute Gasteiger partial charge is 0.618 e. The van der Waals surface area contributed by atoms with E-state index in [1.807, 2.05) is 30.3 Å². The third-order valence-electron chi connectivity index (χ3n) is 6.73. The SMILES string of the molecule is N#Cc1ccc(-c2cnc(C(I)(CC3CC3)c3ccc(-c4cc(Cl)ccc4-n4cnnn4)c[n+]3[O-])[nH]2)cc1. The average Bonchev–Trinajstić information content (AvgIpc) is 3.36. The molecule has 2 aromatic carbocycles. The van der Waals surface area contributed by atoms with Crippen LogP contribution < -0.4 is 4.73 Å². The maximum Gasteiger partial charge on any atom is 0.216 e. The molecule has 188 valence electrons. The zero-order valence-corrected chi connectivity index (χ0v) is 22.8. The van der Waals surface area contributed by atoms with E-state index in [-0.39, 0.29) is 0 Å². The summed E-state index contributed by atoms with van der Waals surface area (Å²) in [4.78, 5) is 8.17. The van der Waals surface area contributed by atoms with Crippen molar-refractivity contribution in [3.8, 4) is 34.1 Å². The Hall–Kier alpha value is -3.82. The molecule has 5 aromatic rings. The highest BCUT2D eigenvalue weighted by Gasteiger charge is 2.45. The van der Waals surface area contributed by atoms with E-state index >= 15 is 0 Å². The monoisotopic (exact) mass is 634 g/mol. The zero-order valence-electron chi connectivity index (χ0n) is 19.9. The first kappa shape index (κ1) is 24.5. The smallest absolute Gasteiger partial charge is 0.216 e. The predicted molar refractivity (Wildman–Crippen MR) is 149 cm³/mol. The Balaban J connectivity index is 1.40. The van der Waals surface area contributed by atoms with Crippen LogP contribution >= 0.6 is 34.2 Å². The molecule has 1 saturated carbocycles. The number of imidazole rings is 1. The van der Waals surface area contributed by atoms with Crippen LogP contribution in [0.15, 0.2) is 73.3 Å². The lowest BCUT2D eigenvalue weighted by atomic mass is 9.95. The molecular formula is C27H20ClIN8O. The molecule has 1 atom stereocenters. The minimum atomic E-state index is -0.656. The predicted octanol–water partition coefficient (Wildman–Crippen LogP) is 5.36. The number of rotatable bonds is 7. The summed E-state index contributed by atoms with van der Waals surface area (Å²) in [5, 5.41) is 34.7. The summed E-state index contributed by atoms with van der Waals surface area (Å²) in [6.07, 6.45) is 7.93. The van der Waals surface area contributed by atoms with Crippen LogP contribution in [-0.2, 0) is 3.42 Å². The molecule has 3 aromatic heterocycles. The lowest BCUT2D eigenvalue weighted by molar-refractivity contribution is -0.615. The number of nitrogens with one attached hydrogen (secondary N) is 1. The minimum absolute atomic E-state index is 0.536. The van der Waals surface area contributed by atoms with E-state index in [1.165, 1.54) is 11.0 Å². The molecule has 6 rings (SSSR count). The molecule has 0 saturated heterocycles. The first-order valence-corrected chi connectivity index (χ1v) is 13.4. The number of aromatic nitrogens is 7. The number of nitriles is 1. The number of aromatic amines is 1. The number of H-pyrrole nitrogens is 1. The van der Waals surface area contributed by atoms with Crippen molar-refractivity contribution in [3.63, 3.8) is 0 Å². The van der Waals surface area contributed by atoms with E-state index in [0.29, 0.717) is 33.4 Å². The summed E-state index contributed by atoms with van der Waals surface area (Å²) >= 11 is 8.68. The molecule has 1 aliphatic rings. The third kappa shape index (κ3) is 4.63. The van der Waals surface area contributed by atoms with Crippen LogP contribution in [0.5, 0.6) is 0 Å². The molecule has 0 aliphatic heterocycles. The van der Waals surface area contributed by atoms with Gasteiger partial charge >= 0.3 is 0 Å². The molecule has 3 heterocycles. The van der Waals surface area contributed by atoms with Crippen LogP contribution in [0.1, 0.15) is 36.3 Å². The quantitative estimate of drug-likeness (QED) is 0.111. The van der Waals surface area contributed by atoms with Gasteiger partial charge in [0.15, 0.2) is 9.62 Å². The highest BCUT2D eigenvalue weighted by Crippen LogP contribution is 2.48. The fraction of sp³-hybridized carbons (Fsp3) is 0.185. The number of benzene rings is 2. The van der Waals surface area contributed by atoms with Gasteiger partial charge in [-0.1, -0.05) is 59.2 Å². The van der Waals surface area contributed by atoms with E-state index in [2.05, 4.69) is 49.2 Å². The summed E-state index contributed by atoms with van der Waals surface area (Å²) in [5.41, 5.74) is 5.10. The molecule has 1 aliphatic carbocycles. The van der Waals surface area contributed by atoms with E-state index in [9.17, 15) is 5.21 Å². The summed E-state index contributed by atoms with van der Waals surface area (Å²) in [6, 6.07) is 18.6. The van der Waals surface area contributed by atoms with Crippen molar-refractivity contribution < 1.29 is 4.73 Å². The van der Waals surface area contributed by atoms with Gasteiger partial charge in [-0.05, 0) is 64.7 Å². The second-order valence-electron chi connectivity index (χ2n) is 9.33. The molecule has 0 amide bonds. The van der Waals surface area contributed by atoms with Gasteiger partial charge in [-0.3, -0.25) is 0 Å². The van der Waals surface area contributed by atoms with Crippen LogP contribution in [0.2, 0.25) is 5.02 Å². The van der Waals surface area contributed by atoms with Gasteiger partial charge in [-0.2, -0.15) is 14.7 Å². The van der Waals surface area contributed by atoms with Crippen LogP contribution in [0.25, 0.3) is 28.1 Å². The third-order valence-corrected chi connectivity index (χ3v) is 8.47. The normalized spacial score (nSPS) is 14.7. The van der Waals surface area contributed by atoms with Gasteiger partial charge < -0.3 is 10.2 Å². The highest BCUT2D eigenvalue weighted by atomic mass is 127.